The minimum absolute atomic E-state index is 0.0671. The van der Waals surface area contributed by atoms with Crippen molar-refractivity contribution in [3.8, 4) is 11.5 Å². The molecule has 0 radical (unpaired) electrons. The van der Waals surface area contributed by atoms with Gasteiger partial charge in [0.25, 0.3) is 0 Å². The highest BCUT2D eigenvalue weighted by Gasteiger charge is 2.27. The van der Waals surface area contributed by atoms with E-state index in [9.17, 15) is 5.11 Å². The molecule has 2 aliphatic heterocycles. The van der Waals surface area contributed by atoms with Gasteiger partial charge in [-0.05, 0) is 43.7 Å². The third kappa shape index (κ3) is 5.92. The van der Waals surface area contributed by atoms with Crippen molar-refractivity contribution >= 4 is 17.3 Å². The van der Waals surface area contributed by atoms with Crippen LogP contribution in [0.15, 0.2) is 47.6 Å². The van der Waals surface area contributed by atoms with Gasteiger partial charge in [-0.15, -0.1) is 0 Å². The van der Waals surface area contributed by atoms with Crippen molar-refractivity contribution in [3.63, 3.8) is 0 Å². The molecule has 1 N–H and O–H groups in total. The van der Waals surface area contributed by atoms with Crippen molar-refractivity contribution < 1.29 is 24.2 Å². The molecule has 0 saturated heterocycles. The van der Waals surface area contributed by atoms with Crippen LogP contribution in [-0.2, 0) is 16.1 Å². The summed E-state index contributed by atoms with van der Waals surface area (Å²) in [6, 6.07) is 13.5. The largest absolute Gasteiger partial charge is 0.454 e. The highest BCUT2D eigenvalue weighted by molar-refractivity contribution is 6.31. The Hall–Kier alpha value is -2.32. The maximum Gasteiger partial charge on any atom is 0.231 e. The molecule has 0 aromatic heterocycles. The van der Waals surface area contributed by atoms with E-state index in [1.807, 2.05) is 56.3 Å². The summed E-state index contributed by atoms with van der Waals surface area (Å²) < 4.78 is 16.4. The normalized spacial score (nSPS) is 18.2. The molecule has 2 aromatic carbocycles. The van der Waals surface area contributed by atoms with Crippen LogP contribution in [0.4, 0.5) is 0 Å². The van der Waals surface area contributed by atoms with Crippen LogP contribution in [0.25, 0.3) is 0 Å². The van der Waals surface area contributed by atoms with Gasteiger partial charge in [-0.2, -0.15) is 0 Å². The Bertz CT molecular complexity index is 952. The average molecular weight is 461 g/mol. The van der Waals surface area contributed by atoms with E-state index in [0.29, 0.717) is 31.1 Å². The minimum atomic E-state index is -0.615. The molecule has 8 heteroatoms. The molecule has 0 bridgehead atoms. The third-order valence-corrected chi connectivity index (χ3v) is 5.71. The maximum absolute atomic E-state index is 10.5. The van der Waals surface area contributed by atoms with Gasteiger partial charge in [0.1, 0.15) is 6.10 Å². The number of nitrogens with zero attached hydrogens (tertiary/aromatic N) is 2. The Balaban J connectivity index is 1.39. The number of rotatable bonds is 10. The highest BCUT2D eigenvalue weighted by Crippen LogP contribution is 2.33. The van der Waals surface area contributed by atoms with Gasteiger partial charge in [0.15, 0.2) is 11.5 Å². The molecule has 2 aromatic rings. The molecule has 0 unspecified atom stereocenters. The molecule has 172 valence electrons. The van der Waals surface area contributed by atoms with Crippen LogP contribution in [0.5, 0.6) is 11.5 Å². The van der Waals surface area contributed by atoms with Gasteiger partial charge >= 0.3 is 0 Å². The van der Waals surface area contributed by atoms with Gasteiger partial charge in [-0.1, -0.05) is 35.0 Å². The monoisotopic (exact) mass is 460 g/mol. The first-order chi connectivity index (χ1) is 15.5. The quantitative estimate of drug-likeness (QED) is 0.580. The molecule has 0 aliphatic carbocycles. The van der Waals surface area contributed by atoms with E-state index in [1.54, 1.807) is 0 Å². The molecule has 0 fully saturated rings. The van der Waals surface area contributed by atoms with E-state index in [-0.39, 0.29) is 25.6 Å². The lowest BCUT2D eigenvalue weighted by molar-refractivity contribution is -0.0194. The van der Waals surface area contributed by atoms with Crippen LogP contribution in [0.1, 0.15) is 31.4 Å². The third-order valence-electron chi connectivity index (χ3n) is 5.34. The van der Waals surface area contributed by atoms with Crippen molar-refractivity contribution in [1.82, 2.24) is 4.90 Å². The van der Waals surface area contributed by atoms with E-state index >= 15 is 0 Å². The molecule has 4 rings (SSSR count). The number of halogens is 1. The van der Waals surface area contributed by atoms with Crippen molar-refractivity contribution in [2.75, 3.05) is 26.5 Å². The first-order valence-corrected chi connectivity index (χ1v) is 11.2. The molecular formula is C24H29ClN2O5. The number of aliphatic hydroxyl groups excluding tert-OH is 1. The van der Waals surface area contributed by atoms with Gasteiger partial charge in [-0.3, -0.25) is 4.90 Å². The number of ether oxygens (including phenoxy) is 3. The predicted octanol–water partition coefficient (Wildman–Crippen LogP) is 3.85. The Morgan fingerprint density at radius 3 is 2.81 bits per heavy atom. The summed E-state index contributed by atoms with van der Waals surface area (Å²) >= 11 is 6.38. The number of benzene rings is 2. The van der Waals surface area contributed by atoms with Gasteiger partial charge < -0.3 is 24.2 Å². The standard InChI is InChI=1S/C24H29ClN2O5/c1-16(2)29-14-19(28)12-27(11-18-5-3-4-6-21(18)25)13-20-10-22(26-32-20)17-7-8-23-24(9-17)31-15-30-23/h3-9,16,19-20,28H,10-15H2,1-2H3/t19-,20+/m1/s1. The second-order valence-corrected chi connectivity index (χ2v) is 8.77. The van der Waals surface area contributed by atoms with Crippen LogP contribution in [0.3, 0.4) is 0 Å². The molecule has 0 saturated carbocycles. The Labute approximate surface area is 193 Å². The maximum atomic E-state index is 10.5. The molecule has 2 heterocycles. The molecule has 32 heavy (non-hydrogen) atoms. The van der Waals surface area contributed by atoms with Crippen LogP contribution >= 0.6 is 11.6 Å². The van der Waals surface area contributed by atoms with E-state index in [4.69, 9.17) is 30.6 Å². The lowest BCUT2D eigenvalue weighted by Gasteiger charge is -2.27. The van der Waals surface area contributed by atoms with Gasteiger partial charge in [0.2, 0.25) is 6.79 Å². The molecule has 0 amide bonds. The summed E-state index contributed by atoms with van der Waals surface area (Å²) in [5, 5.41) is 15.5. The molecule has 2 aliphatic rings. The summed E-state index contributed by atoms with van der Waals surface area (Å²) in [7, 11) is 0. The van der Waals surface area contributed by atoms with Gasteiger partial charge in [-0.25, -0.2) is 0 Å². The number of aliphatic hydroxyl groups is 1. The second kappa shape index (κ2) is 10.5. The molecule has 7 nitrogen and oxygen atoms in total. The fourth-order valence-electron chi connectivity index (χ4n) is 3.79. The molecule has 0 spiro atoms. The summed E-state index contributed by atoms with van der Waals surface area (Å²) in [6.45, 7) is 6.06. The summed E-state index contributed by atoms with van der Waals surface area (Å²) in [6.07, 6.45) is -0.0128. The fraction of sp³-hybridized carbons (Fsp3) is 0.458. The second-order valence-electron chi connectivity index (χ2n) is 8.36. The smallest absolute Gasteiger partial charge is 0.231 e. The molecule has 2 atom stereocenters. The summed E-state index contributed by atoms with van der Waals surface area (Å²) in [5.74, 6) is 1.47. The van der Waals surface area contributed by atoms with Crippen molar-refractivity contribution in [2.24, 2.45) is 5.16 Å². The zero-order valence-corrected chi connectivity index (χ0v) is 19.1. The Kier molecular flexibility index (Phi) is 7.52. The molecular weight excluding hydrogens is 432 g/mol. The van der Waals surface area contributed by atoms with E-state index < -0.39 is 6.10 Å². The van der Waals surface area contributed by atoms with Crippen LogP contribution in [-0.4, -0.2) is 60.5 Å². The zero-order valence-electron chi connectivity index (χ0n) is 18.4. The number of hydrogen-bond donors (Lipinski definition) is 1. The van der Waals surface area contributed by atoms with E-state index in [2.05, 4.69) is 10.1 Å². The van der Waals surface area contributed by atoms with Crippen LogP contribution < -0.4 is 9.47 Å². The van der Waals surface area contributed by atoms with Crippen LogP contribution in [0, 0.1) is 0 Å². The lowest BCUT2D eigenvalue weighted by Crippen LogP contribution is -2.39. The predicted molar refractivity (Wildman–Crippen MR) is 122 cm³/mol. The Morgan fingerprint density at radius 2 is 2.00 bits per heavy atom. The van der Waals surface area contributed by atoms with Crippen molar-refractivity contribution in [3.05, 3.63) is 58.6 Å². The van der Waals surface area contributed by atoms with Crippen molar-refractivity contribution in [1.29, 1.82) is 0 Å². The highest BCUT2D eigenvalue weighted by atomic mass is 35.5. The number of hydrogen-bond acceptors (Lipinski definition) is 7. The first-order valence-electron chi connectivity index (χ1n) is 10.9. The Morgan fingerprint density at radius 1 is 1.19 bits per heavy atom. The minimum Gasteiger partial charge on any atom is -0.454 e. The van der Waals surface area contributed by atoms with Crippen molar-refractivity contribution in [2.45, 2.75) is 45.1 Å². The number of fused-ring (bicyclic) bond motifs is 1. The summed E-state index contributed by atoms with van der Waals surface area (Å²) in [4.78, 5) is 7.88. The number of oxime groups is 1. The topological polar surface area (TPSA) is 72.8 Å². The average Bonchev–Trinajstić information content (AvgIpc) is 3.42. The van der Waals surface area contributed by atoms with Gasteiger partial charge in [0.05, 0.1) is 24.5 Å². The lowest BCUT2D eigenvalue weighted by atomic mass is 10.0. The SMILES string of the molecule is CC(C)OC[C@H](O)CN(Cc1ccccc1Cl)C[C@@H]1CC(c2ccc3c(c2)OCO3)=NO1. The van der Waals surface area contributed by atoms with E-state index in [1.165, 1.54) is 0 Å². The van der Waals surface area contributed by atoms with E-state index in [0.717, 1.165) is 28.3 Å². The van der Waals surface area contributed by atoms with Gasteiger partial charge in [0, 0.05) is 36.6 Å². The fourth-order valence-corrected chi connectivity index (χ4v) is 3.98. The zero-order chi connectivity index (χ0) is 22.5. The summed E-state index contributed by atoms with van der Waals surface area (Å²) in [5.41, 5.74) is 2.83. The first kappa shape index (κ1) is 22.9. The van der Waals surface area contributed by atoms with Crippen LogP contribution in [0.2, 0.25) is 5.02 Å².